The van der Waals surface area contributed by atoms with Gasteiger partial charge in [-0.05, 0) is 48.5 Å². The minimum atomic E-state index is -3.80. The Morgan fingerprint density at radius 1 is 0.938 bits per heavy atom. The van der Waals surface area contributed by atoms with Crippen molar-refractivity contribution in [2.75, 3.05) is 26.2 Å². The first kappa shape index (κ1) is 21.8. The number of sulfonamides is 1. The molecule has 1 aliphatic heterocycles. The molecule has 0 spiro atoms. The highest BCUT2D eigenvalue weighted by Crippen LogP contribution is 2.19. The van der Waals surface area contributed by atoms with Crippen LogP contribution in [0.4, 0.5) is 8.78 Å². The highest BCUT2D eigenvalue weighted by molar-refractivity contribution is 7.89. The average molecular weight is 464 g/mol. The maximum atomic E-state index is 13.1. The van der Waals surface area contributed by atoms with E-state index in [-0.39, 0.29) is 43.5 Å². The number of rotatable bonds is 5. The molecule has 0 N–H and O–H groups in total. The number of benzene rings is 2. The lowest BCUT2D eigenvalue weighted by Crippen LogP contribution is -2.51. The molecule has 1 aliphatic rings. The normalized spacial score (nSPS) is 15.1. The quantitative estimate of drug-likeness (QED) is 0.564. The van der Waals surface area contributed by atoms with Gasteiger partial charge in [0.05, 0.1) is 4.90 Å². The highest BCUT2D eigenvalue weighted by atomic mass is 32.2. The zero-order valence-corrected chi connectivity index (χ0v) is 17.5. The Kier molecular flexibility index (Phi) is 5.89. The van der Waals surface area contributed by atoms with Crippen molar-refractivity contribution in [2.45, 2.75) is 11.4 Å². The van der Waals surface area contributed by atoms with Crippen molar-refractivity contribution in [2.24, 2.45) is 0 Å². The van der Waals surface area contributed by atoms with Crippen LogP contribution in [-0.2, 0) is 21.4 Å². The van der Waals surface area contributed by atoms with Gasteiger partial charge in [-0.1, -0.05) is 0 Å². The number of carbonyl (C=O) groups is 1. The molecule has 0 atom stereocenters. The minimum absolute atomic E-state index is 0.0267. The lowest BCUT2D eigenvalue weighted by molar-refractivity contribution is -0.133. The van der Waals surface area contributed by atoms with Crippen molar-refractivity contribution >= 4 is 15.9 Å². The van der Waals surface area contributed by atoms with Crippen LogP contribution < -0.4 is 5.76 Å². The fraction of sp³-hybridized carbons (Fsp3) is 0.250. The Bertz CT molecular complexity index is 1280. The van der Waals surface area contributed by atoms with Gasteiger partial charge in [-0.25, -0.2) is 22.0 Å². The summed E-state index contributed by atoms with van der Waals surface area (Å²) in [4.78, 5) is 26.0. The monoisotopic (exact) mass is 464 g/mol. The highest BCUT2D eigenvalue weighted by Gasteiger charge is 2.30. The van der Waals surface area contributed by atoms with E-state index in [2.05, 4.69) is 5.10 Å². The topological polar surface area (TPSA) is 106 Å². The van der Waals surface area contributed by atoms with E-state index in [1.165, 1.54) is 45.6 Å². The summed E-state index contributed by atoms with van der Waals surface area (Å²) in [7, 11) is -3.80. The molecule has 1 amide bonds. The number of halogens is 2. The Hall–Kier alpha value is -3.38. The summed E-state index contributed by atoms with van der Waals surface area (Å²) in [6, 6.07) is 9.71. The number of amides is 1. The van der Waals surface area contributed by atoms with Crippen LogP contribution in [0.15, 0.2) is 62.6 Å². The van der Waals surface area contributed by atoms with Crippen LogP contribution >= 0.6 is 0 Å². The van der Waals surface area contributed by atoms with Crippen LogP contribution in [0.25, 0.3) is 11.5 Å². The Balaban J connectivity index is 1.39. The van der Waals surface area contributed by atoms with E-state index < -0.39 is 33.3 Å². The van der Waals surface area contributed by atoms with Crippen molar-refractivity contribution in [1.29, 1.82) is 0 Å². The molecule has 12 heteroatoms. The SMILES string of the molecule is O=C(Cn1nc(-c2ccc(F)cc2)oc1=O)N1CCN(S(=O)(=O)c2ccc(F)cc2)CC1. The Morgan fingerprint density at radius 2 is 1.50 bits per heavy atom. The van der Waals surface area contributed by atoms with Crippen LogP contribution in [0.3, 0.4) is 0 Å². The first-order chi connectivity index (χ1) is 15.2. The van der Waals surface area contributed by atoms with Crippen LogP contribution in [-0.4, -0.2) is 59.5 Å². The van der Waals surface area contributed by atoms with Gasteiger partial charge in [-0.2, -0.15) is 8.99 Å². The van der Waals surface area contributed by atoms with E-state index in [4.69, 9.17) is 4.42 Å². The molecular formula is C20H18F2N4O5S. The third kappa shape index (κ3) is 4.46. The molecule has 2 heterocycles. The van der Waals surface area contributed by atoms with Crippen LogP contribution in [0, 0.1) is 11.6 Å². The van der Waals surface area contributed by atoms with E-state index in [0.29, 0.717) is 5.56 Å². The predicted molar refractivity (Wildman–Crippen MR) is 108 cm³/mol. The van der Waals surface area contributed by atoms with Crippen LogP contribution in [0.1, 0.15) is 0 Å². The van der Waals surface area contributed by atoms with Gasteiger partial charge in [0.1, 0.15) is 18.2 Å². The average Bonchev–Trinajstić information content (AvgIpc) is 3.14. The van der Waals surface area contributed by atoms with E-state index in [0.717, 1.165) is 16.8 Å². The Morgan fingerprint density at radius 3 is 2.09 bits per heavy atom. The van der Waals surface area contributed by atoms with Crippen LogP contribution in [0.2, 0.25) is 0 Å². The van der Waals surface area contributed by atoms with Crippen molar-refractivity contribution in [3.05, 3.63) is 70.7 Å². The van der Waals surface area contributed by atoms with E-state index >= 15 is 0 Å². The summed E-state index contributed by atoms with van der Waals surface area (Å²) in [5.74, 6) is -2.30. The largest absolute Gasteiger partial charge is 0.437 e. The fourth-order valence-corrected chi connectivity index (χ4v) is 4.70. The lowest BCUT2D eigenvalue weighted by atomic mass is 10.2. The second kappa shape index (κ2) is 8.63. The molecule has 0 bridgehead atoms. The molecule has 1 aromatic heterocycles. The molecule has 4 rings (SSSR count). The summed E-state index contributed by atoms with van der Waals surface area (Å²) >= 11 is 0. The standard InChI is InChI=1S/C20H18F2N4O5S/c21-15-3-1-14(2-4-15)19-23-26(20(28)31-19)13-18(27)24-9-11-25(12-10-24)32(29,30)17-7-5-16(22)6-8-17/h1-8H,9-13H2. The molecule has 1 fully saturated rings. The number of hydrogen-bond donors (Lipinski definition) is 0. The van der Waals surface area contributed by atoms with Gasteiger partial charge < -0.3 is 9.32 Å². The molecule has 0 saturated carbocycles. The predicted octanol–water partition coefficient (Wildman–Crippen LogP) is 1.31. The number of hydrogen-bond acceptors (Lipinski definition) is 6. The maximum Gasteiger partial charge on any atom is 0.437 e. The van der Waals surface area contributed by atoms with Crippen molar-refractivity contribution < 1.29 is 26.4 Å². The summed E-state index contributed by atoms with van der Waals surface area (Å²) in [6.07, 6.45) is 0. The van der Waals surface area contributed by atoms with E-state index in [1.807, 2.05) is 0 Å². The number of carbonyl (C=O) groups excluding carboxylic acids is 1. The number of nitrogens with zero attached hydrogens (tertiary/aromatic N) is 4. The second-order valence-electron chi connectivity index (χ2n) is 7.08. The van der Waals surface area contributed by atoms with Gasteiger partial charge >= 0.3 is 5.76 Å². The van der Waals surface area contributed by atoms with Gasteiger partial charge in [0, 0.05) is 31.7 Å². The smallest absolute Gasteiger partial charge is 0.388 e. The Labute approximate surface area is 181 Å². The zero-order chi connectivity index (χ0) is 22.9. The zero-order valence-electron chi connectivity index (χ0n) is 16.6. The molecular weight excluding hydrogens is 446 g/mol. The lowest BCUT2D eigenvalue weighted by Gasteiger charge is -2.33. The molecule has 32 heavy (non-hydrogen) atoms. The fourth-order valence-electron chi connectivity index (χ4n) is 3.28. The number of piperazine rings is 1. The molecule has 0 unspecified atom stereocenters. The van der Waals surface area contributed by atoms with Crippen molar-refractivity contribution in [1.82, 2.24) is 19.0 Å². The summed E-state index contributed by atoms with van der Waals surface area (Å²) in [5.41, 5.74) is 0.384. The van der Waals surface area contributed by atoms with Crippen molar-refractivity contribution in [3.63, 3.8) is 0 Å². The summed E-state index contributed by atoms with van der Waals surface area (Å²) in [6.45, 7) is -0.0262. The van der Waals surface area contributed by atoms with Gasteiger partial charge in [-0.15, -0.1) is 5.10 Å². The van der Waals surface area contributed by atoms with Gasteiger partial charge in [0.25, 0.3) is 0 Å². The van der Waals surface area contributed by atoms with Gasteiger partial charge in [-0.3, -0.25) is 4.79 Å². The molecule has 9 nitrogen and oxygen atoms in total. The molecule has 2 aromatic carbocycles. The molecule has 3 aromatic rings. The summed E-state index contributed by atoms with van der Waals surface area (Å²) in [5, 5.41) is 3.98. The summed E-state index contributed by atoms with van der Waals surface area (Å²) < 4.78 is 58.6. The second-order valence-corrected chi connectivity index (χ2v) is 9.01. The first-order valence-corrected chi connectivity index (χ1v) is 11.1. The van der Waals surface area contributed by atoms with Crippen molar-refractivity contribution in [3.8, 4) is 11.5 Å². The van der Waals surface area contributed by atoms with Gasteiger partial charge in [0.15, 0.2) is 0 Å². The molecule has 168 valence electrons. The first-order valence-electron chi connectivity index (χ1n) is 9.61. The molecule has 0 aliphatic carbocycles. The minimum Gasteiger partial charge on any atom is -0.388 e. The molecule has 0 radical (unpaired) electrons. The van der Waals surface area contributed by atoms with E-state index in [1.54, 1.807) is 0 Å². The third-order valence-electron chi connectivity index (χ3n) is 5.03. The van der Waals surface area contributed by atoms with Crippen LogP contribution in [0.5, 0.6) is 0 Å². The van der Waals surface area contributed by atoms with Gasteiger partial charge in [0.2, 0.25) is 21.8 Å². The molecule has 1 saturated heterocycles. The van der Waals surface area contributed by atoms with E-state index in [9.17, 15) is 26.8 Å². The maximum absolute atomic E-state index is 13.1. The third-order valence-corrected chi connectivity index (χ3v) is 6.94. The number of aromatic nitrogens is 2.